The summed E-state index contributed by atoms with van der Waals surface area (Å²) in [5.41, 5.74) is 0.964. The molecule has 1 N–H and O–H groups in total. The van der Waals surface area contributed by atoms with Gasteiger partial charge in [-0.25, -0.2) is 0 Å². The van der Waals surface area contributed by atoms with Gasteiger partial charge >= 0.3 is 0 Å². The lowest BCUT2D eigenvalue weighted by Crippen LogP contribution is -2.14. The highest BCUT2D eigenvalue weighted by Gasteiger charge is 2.20. The van der Waals surface area contributed by atoms with Crippen molar-refractivity contribution in [2.75, 3.05) is 0 Å². The average Bonchev–Trinajstić information content (AvgIpc) is 3.02. The summed E-state index contributed by atoms with van der Waals surface area (Å²) < 4.78 is 7.61. The van der Waals surface area contributed by atoms with Gasteiger partial charge in [-0.3, -0.25) is 4.68 Å². The third kappa shape index (κ3) is 2.60. The summed E-state index contributed by atoms with van der Waals surface area (Å²) in [6, 6.07) is 4.72. The quantitative estimate of drug-likeness (QED) is 0.904. The van der Waals surface area contributed by atoms with Gasteiger partial charge in [-0.05, 0) is 31.9 Å². The number of furan rings is 1. The van der Waals surface area contributed by atoms with E-state index in [0.29, 0.717) is 17.6 Å². The van der Waals surface area contributed by atoms with Gasteiger partial charge in [0, 0.05) is 6.04 Å². The molecule has 0 saturated heterocycles. The van der Waals surface area contributed by atoms with E-state index in [1.165, 1.54) is 12.8 Å². The first kappa shape index (κ1) is 11.8. The van der Waals surface area contributed by atoms with Crippen LogP contribution >= 0.6 is 11.6 Å². The van der Waals surface area contributed by atoms with Gasteiger partial charge in [-0.15, -0.1) is 0 Å². The van der Waals surface area contributed by atoms with Crippen LogP contribution in [0, 0.1) is 6.92 Å². The van der Waals surface area contributed by atoms with Crippen molar-refractivity contribution in [3.8, 4) is 0 Å². The van der Waals surface area contributed by atoms with E-state index in [1.54, 1.807) is 6.20 Å². The molecule has 96 valence electrons. The second kappa shape index (κ2) is 4.78. The van der Waals surface area contributed by atoms with Gasteiger partial charge in [-0.1, -0.05) is 11.6 Å². The zero-order chi connectivity index (χ0) is 12.5. The first-order chi connectivity index (χ1) is 8.72. The Morgan fingerprint density at radius 3 is 2.89 bits per heavy atom. The molecule has 1 aliphatic carbocycles. The van der Waals surface area contributed by atoms with Crippen LogP contribution in [0.1, 0.15) is 30.1 Å². The standard InChI is InChI=1S/C13H16ClN3O/c1-9-13(14)7-16-17(9)8-12-5-4-11(18-12)6-15-10-2-3-10/h4-5,7,10,15H,2-3,6,8H2,1H3. The molecule has 5 heteroatoms. The predicted molar refractivity (Wildman–Crippen MR) is 69.6 cm³/mol. The highest BCUT2D eigenvalue weighted by Crippen LogP contribution is 2.20. The Morgan fingerprint density at radius 1 is 1.44 bits per heavy atom. The number of hydrogen-bond acceptors (Lipinski definition) is 3. The Morgan fingerprint density at radius 2 is 2.22 bits per heavy atom. The van der Waals surface area contributed by atoms with Crippen molar-refractivity contribution in [1.29, 1.82) is 0 Å². The van der Waals surface area contributed by atoms with E-state index in [2.05, 4.69) is 10.4 Å². The molecule has 0 amide bonds. The van der Waals surface area contributed by atoms with E-state index >= 15 is 0 Å². The molecular weight excluding hydrogens is 250 g/mol. The van der Waals surface area contributed by atoms with Crippen molar-refractivity contribution in [1.82, 2.24) is 15.1 Å². The smallest absolute Gasteiger partial charge is 0.125 e. The summed E-state index contributed by atoms with van der Waals surface area (Å²) >= 11 is 5.97. The van der Waals surface area contributed by atoms with Crippen molar-refractivity contribution >= 4 is 11.6 Å². The van der Waals surface area contributed by atoms with Crippen molar-refractivity contribution in [3.05, 3.63) is 40.6 Å². The second-order valence-electron chi connectivity index (χ2n) is 4.76. The Labute approximate surface area is 111 Å². The topological polar surface area (TPSA) is 43.0 Å². The van der Waals surface area contributed by atoms with Crippen LogP contribution in [-0.2, 0) is 13.1 Å². The van der Waals surface area contributed by atoms with E-state index in [0.717, 1.165) is 23.8 Å². The van der Waals surface area contributed by atoms with Crippen LogP contribution in [0.15, 0.2) is 22.7 Å². The van der Waals surface area contributed by atoms with Gasteiger partial charge in [0.1, 0.15) is 11.5 Å². The highest BCUT2D eigenvalue weighted by molar-refractivity contribution is 6.31. The van der Waals surface area contributed by atoms with Gasteiger partial charge in [0.05, 0.1) is 30.0 Å². The maximum Gasteiger partial charge on any atom is 0.125 e. The molecule has 18 heavy (non-hydrogen) atoms. The molecule has 1 saturated carbocycles. The molecule has 0 bridgehead atoms. The molecule has 0 aromatic carbocycles. The van der Waals surface area contributed by atoms with Crippen LogP contribution in [0.4, 0.5) is 0 Å². The summed E-state index contributed by atoms with van der Waals surface area (Å²) in [4.78, 5) is 0. The summed E-state index contributed by atoms with van der Waals surface area (Å²) in [6.45, 7) is 3.39. The molecular formula is C13H16ClN3O. The van der Waals surface area contributed by atoms with E-state index in [9.17, 15) is 0 Å². The predicted octanol–water partition coefficient (Wildman–Crippen LogP) is 2.74. The molecule has 0 aliphatic heterocycles. The zero-order valence-electron chi connectivity index (χ0n) is 10.3. The number of rotatable bonds is 5. The number of halogens is 1. The fourth-order valence-corrected chi connectivity index (χ4v) is 2.01. The minimum Gasteiger partial charge on any atom is -0.463 e. The van der Waals surface area contributed by atoms with Crippen LogP contribution in [0.25, 0.3) is 0 Å². The van der Waals surface area contributed by atoms with Gasteiger partial charge in [0.2, 0.25) is 0 Å². The first-order valence-electron chi connectivity index (χ1n) is 6.21. The third-order valence-electron chi connectivity index (χ3n) is 3.21. The fraction of sp³-hybridized carbons (Fsp3) is 0.462. The highest BCUT2D eigenvalue weighted by atomic mass is 35.5. The number of hydrogen-bond donors (Lipinski definition) is 1. The molecule has 2 aromatic heterocycles. The van der Waals surface area contributed by atoms with E-state index in [-0.39, 0.29) is 0 Å². The van der Waals surface area contributed by atoms with Crippen LogP contribution in [0.2, 0.25) is 5.02 Å². The van der Waals surface area contributed by atoms with E-state index in [1.807, 2.05) is 23.7 Å². The van der Waals surface area contributed by atoms with E-state index < -0.39 is 0 Å². The van der Waals surface area contributed by atoms with Crippen LogP contribution in [-0.4, -0.2) is 15.8 Å². The van der Waals surface area contributed by atoms with Crippen LogP contribution in [0.3, 0.4) is 0 Å². The molecule has 2 heterocycles. The van der Waals surface area contributed by atoms with E-state index in [4.69, 9.17) is 16.0 Å². The molecule has 3 rings (SSSR count). The maximum absolute atomic E-state index is 5.97. The molecule has 1 aliphatic rings. The summed E-state index contributed by atoms with van der Waals surface area (Å²) in [7, 11) is 0. The summed E-state index contributed by atoms with van der Waals surface area (Å²) in [5.74, 6) is 1.89. The van der Waals surface area contributed by atoms with Crippen molar-refractivity contribution in [3.63, 3.8) is 0 Å². The fourth-order valence-electron chi connectivity index (χ4n) is 1.87. The monoisotopic (exact) mass is 265 g/mol. The Hall–Kier alpha value is -1.26. The molecule has 0 spiro atoms. The number of nitrogens with zero attached hydrogens (tertiary/aromatic N) is 2. The summed E-state index contributed by atoms with van der Waals surface area (Å²) in [5, 5.41) is 8.33. The largest absolute Gasteiger partial charge is 0.463 e. The Bertz CT molecular complexity index is 542. The van der Waals surface area contributed by atoms with Crippen LogP contribution in [0.5, 0.6) is 0 Å². The molecule has 0 atom stereocenters. The Balaban J connectivity index is 1.63. The minimum absolute atomic E-state index is 0.627. The lowest BCUT2D eigenvalue weighted by atomic mass is 10.4. The van der Waals surface area contributed by atoms with Gasteiger partial charge in [0.15, 0.2) is 0 Å². The van der Waals surface area contributed by atoms with Gasteiger partial charge in [0.25, 0.3) is 0 Å². The van der Waals surface area contributed by atoms with Gasteiger partial charge < -0.3 is 9.73 Å². The van der Waals surface area contributed by atoms with Gasteiger partial charge in [-0.2, -0.15) is 5.10 Å². The lowest BCUT2D eigenvalue weighted by molar-refractivity contribution is 0.428. The third-order valence-corrected chi connectivity index (χ3v) is 3.58. The summed E-state index contributed by atoms with van der Waals surface area (Å²) in [6.07, 6.45) is 4.24. The average molecular weight is 266 g/mol. The Kier molecular flexibility index (Phi) is 3.14. The van der Waals surface area contributed by atoms with Crippen molar-refractivity contribution < 1.29 is 4.42 Å². The molecule has 0 unspecified atom stereocenters. The number of aromatic nitrogens is 2. The molecule has 4 nitrogen and oxygen atoms in total. The molecule has 2 aromatic rings. The lowest BCUT2D eigenvalue weighted by Gasteiger charge is -2.02. The van der Waals surface area contributed by atoms with Crippen molar-refractivity contribution in [2.24, 2.45) is 0 Å². The van der Waals surface area contributed by atoms with Crippen molar-refractivity contribution in [2.45, 2.75) is 38.9 Å². The first-order valence-corrected chi connectivity index (χ1v) is 6.59. The normalized spacial score (nSPS) is 15.2. The van der Waals surface area contributed by atoms with Crippen LogP contribution < -0.4 is 5.32 Å². The zero-order valence-corrected chi connectivity index (χ0v) is 11.1. The number of nitrogens with one attached hydrogen (secondary N) is 1. The molecule has 0 radical (unpaired) electrons. The second-order valence-corrected chi connectivity index (χ2v) is 5.17. The SMILES string of the molecule is Cc1c(Cl)cnn1Cc1ccc(CNC2CC2)o1. The molecule has 1 fully saturated rings. The maximum atomic E-state index is 5.97. The minimum atomic E-state index is 0.627.